The molecule has 4 rings (SSSR count). The number of carbonyl (C=O) groups is 4. The number of piperidine rings is 1. The van der Waals surface area contributed by atoms with Crippen molar-refractivity contribution in [2.24, 2.45) is 0 Å². The van der Waals surface area contributed by atoms with Crippen molar-refractivity contribution in [3.63, 3.8) is 0 Å². The number of benzene rings is 2. The van der Waals surface area contributed by atoms with E-state index in [-0.39, 0.29) is 34.6 Å². The third kappa shape index (κ3) is 3.59. The largest absolute Gasteiger partial charge is 0.495 e. The van der Waals surface area contributed by atoms with Crippen LogP contribution in [0.2, 0.25) is 0 Å². The fourth-order valence-corrected chi connectivity index (χ4v) is 5.30. The molecule has 31 heavy (non-hydrogen) atoms. The molecule has 0 saturated carbocycles. The summed E-state index contributed by atoms with van der Waals surface area (Å²) < 4.78 is 30.9. The summed E-state index contributed by atoms with van der Waals surface area (Å²) in [7, 11) is -2.42. The molecule has 1 fully saturated rings. The number of imide groups is 2. The lowest BCUT2D eigenvalue weighted by Gasteiger charge is -2.27. The van der Waals surface area contributed by atoms with Crippen LogP contribution in [-0.4, -0.2) is 50.1 Å². The zero-order valence-electron chi connectivity index (χ0n) is 16.5. The standard InChI is InChI=1S/C21H18N2O7S/c1-30-16-4-2-3-5-17(16)31(28,29)11-12-6-7-13-14(10-12)21(27)23(20(13)26)15-8-9-18(24)22-19(15)25/h2-7,10,15H,8-9,11H2,1H3,(H,22,24,25). The Hall–Kier alpha value is -3.53. The van der Waals surface area contributed by atoms with Gasteiger partial charge in [0.25, 0.3) is 11.8 Å². The summed E-state index contributed by atoms with van der Waals surface area (Å²) in [5.74, 6) is -2.69. The van der Waals surface area contributed by atoms with E-state index in [0.717, 1.165) is 4.90 Å². The summed E-state index contributed by atoms with van der Waals surface area (Å²) in [6, 6.07) is 9.33. The van der Waals surface area contributed by atoms with Crippen LogP contribution < -0.4 is 10.1 Å². The van der Waals surface area contributed by atoms with Gasteiger partial charge in [0.05, 0.1) is 24.0 Å². The molecule has 0 spiro atoms. The molecule has 10 heteroatoms. The topological polar surface area (TPSA) is 127 Å². The highest BCUT2D eigenvalue weighted by atomic mass is 32.2. The number of methoxy groups -OCH3 is 1. The quantitative estimate of drug-likeness (QED) is 0.686. The highest BCUT2D eigenvalue weighted by Gasteiger charge is 2.44. The van der Waals surface area contributed by atoms with Crippen LogP contribution in [0.3, 0.4) is 0 Å². The van der Waals surface area contributed by atoms with Gasteiger partial charge in [-0.25, -0.2) is 8.42 Å². The van der Waals surface area contributed by atoms with E-state index in [1.54, 1.807) is 12.1 Å². The lowest BCUT2D eigenvalue weighted by atomic mass is 10.0. The minimum absolute atomic E-state index is 0.0190. The fraction of sp³-hybridized carbons (Fsp3) is 0.238. The van der Waals surface area contributed by atoms with Crippen LogP contribution in [-0.2, 0) is 25.2 Å². The zero-order valence-corrected chi connectivity index (χ0v) is 17.3. The van der Waals surface area contributed by atoms with Gasteiger partial charge in [0.1, 0.15) is 16.7 Å². The number of ether oxygens (including phenoxy) is 1. The van der Waals surface area contributed by atoms with Crippen LogP contribution in [0.1, 0.15) is 39.1 Å². The molecule has 160 valence electrons. The van der Waals surface area contributed by atoms with E-state index in [1.165, 1.54) is 37.4 Å². The van der Waals surface area contributed by atoms with Crippen molar-refractivity contribution in [3.05, 3.63) is 59.2 Å². The molecule has 2 aliphatic heterocycles. The molecule has 2 aromatic rings. The van der Waals surface area contributed by atoms with Crippen molar-refractivity contribution < 1.29 is 32.3 Å². The molecule has 1 atom stereocenters. The predicted molar refractivity (Wildman–Crippen MR) is 107 cm³/mol. The Bertz CT molecular complexity index is 1240. The Labute approximate surface area is 177 Å². The Kier molecular flexibility index (Phi) is 5.10. The molecule has 1 unspecified atom stereocenters. The fourth-order valence-electron chi connectivity index (χ4n) is 3.78. The second kappa shape index (κ2) is 7.62. The van der Waals surface area contributed by atoms with E-state index in [4.69, 9.17) is 4.74 Å². The van der Waals surface area contributed by atoms with Crippen molar-refractivity contribution in [1.82, 2.24) is 10.2 Å². The van der Waals surface area contributed by atoms with Gasteiger partial charge in [0, 0.05) is 6.42 Å². The van der Waals surface area contributed by atoms with E-state index < -0.39 is 45.3 Å². The summed E-state index contributed by atoms with van der Waals surface area (Å²) in [5, 5.41) is 2.13. The molecule has 9 nitrogen and oxygen atoms in total. The van der Waals surface area contributed by atoms with Gasteiger partial charge in [-0.1, -0.05) is 18.2 Å². The van der Waals surface area contributed by atoms with Gasteiger partial charge >= 0.3 is 0 Å². The second-order valence-electron chi connectivity index (χ2n) is 7.24. The highest BCUT2D eigenvalue weighted by Crippen LogP contribution is 2.30. The molecule has 0 radical (unpaired) electrons. The Morgan fingerprint density at radius 3 is 2.45 bits per heavy atom. The zero-order chi connectivity index (χ0) is 22.3. The molecule has 2 aliphatic rings. The van der Waals surface area contributed by atoms with E-state index in [1.807, 2.05) is 0 Å². The number of rotatable bonds is 5. The molecule has 0 aliphatic carbocycles. The average Bonchev–Trinajstić information content (AvgIpc) is 2.98. The molecule has 2 heterocycles. The van der Waals surface area contributed by atoms with E-state index in [0.29, 0.717) is 5.56 Å². The maximum absolute atomic E-state index is 12.9. The summed E-state index contributed by atoms with van der Waals surface area (Å²) in [5.41, 5.74) is 0.437. The molecular weight excluding hydrogens is 424 g/mol. The van der Waals surface area contributed by atoms with Gasteiger partial charge in [-0.15, -0.1) is 0 Å². The third-order valence-corrected chi connectivity index (χ3v) is 6.99. The molecule has 4 amide bonds. The van der Waals surface area contributed by atoms with E-state index >= 15 is 0 Å². The first kappa shape index (κ1) is 20.7. The molecule has 2 aromatic carbocycles. The number of nitrogens with zero attached hydrogens (tertiary/aromatic N) is 1. The Balaban J connectivity index is 1.63. The van der Waals surface area contributed by atoms with Crippen molar-refractivity contribution in [1.29, 1.82) is 0 Å². The number of nitrogens with one attached hydrogen (secondary N) is 1. The SMILES string of the molecule is COc1ccccc1S(=O)(=O)Cc1ccc2c(c1)C(=O)N(C1CCC(=O)NC1=O)C2=O. The van der Waals surface area contributed by atoms with E-state index in [2.05, 4.69) is 5.32 Å². The number of sulfone groups is 1. The Morgan fingerprint density at radius 2 is 1.74 bits per heavy atom. The normalized spacial score (nSPS) is 18.7. The van der Waals surface area contributed by atoms with E-state index in [9.17, 15) is 27.6 Å². The number of para-hydroxylation sites is 1. The highest BCUT2D eigenvalue weighted by molar-refractivity contribution is 7.90. The third-order valence-electron chi connectivity index (χ3n) is 5.26. The predicted octanol–water partition coefficient (Wildman–Crippen LogP) is 1.07. The number of fused-ring (bicyclic) bond motifs is 1. The summed E-state index contributed by atoms with van der Waals surface area (Å²) in [4.78, 5) is 50.0. The minimum Gasteiger partial charge on any atom is -0.495 e. The van der Waals surface area contributed by atoms with Crippen LogP contribution in [0.5, 0.6) is 5.75 Å². The number of amides is 4. The van der Waals surface area contributed by atoms with Crippen LogP contribution in [0.15, 0.2) is 47.4 Å². The van der Waals surface area contributed by atoms with Crippen LogP contribution in [0.25, 0.3) is 0 Å². The molecule has 0 bridgehead atoms. The van der Waals surface area contributed by atoms with Crippen LogP contribution >= 0.6 is 0 Å². The summed E-state index contributed by atoms with van der Waals surface area (Å²) >= 11 is 0. The van der Waals surface area contributed by atoms with Crippen LogP contribution in [0, 0.1) is 0 Å². The maximum Gasteiger partial charge on any atom is 0.262 e. The summed E-state index contributed by atoms with van der Waals surface area (Å²) in [6.45, 7) is 0. The second-order valence-corrected chi connectivity index (χ2v) is 9.20. The minimum atomic E-state index is -3.79. The molecular formula is C21H18N2O7S. The average molecular weight is 442 g/mol. The van der Waals surface area contributed by atoms with Crippen molar-refractivity contribution in [2.75, 3.05) is 7.11 Å². The van der Waals surface area contributed by atoms with Gasteiger partial charge in [0.15, 0.2) is 9.84 Å². The first-order valence-electron chi connectivity index (χ1n) is 9.43. The van der Waals surface area contributed by atoms with Gasteiger partial charge < -0.3 is 4.74 Å². The maximum atomic E-state index is 12.9. The van der Waals surface area contributed by atoms with Crippen molar-refractivity contribution in [3.8, 4) is 5.75 Å². The lowest BCUT2D eigenvalue weighted by molar-refractivity contribution is -0.136. The molecule has 1 N–H and O–H groups in total. The number of hydrogen-bond donors (Lipinski definition) is 1. The smallest absolute Gasteiger partial charge is 0.262 e. The summed E-state index contributed by atoms with van der Waals surface area (Å²) in [6.07, 6.45) is 0.0669. The lowest BCUT2D eigenvalue weighted by Crippen LogP contribution is -2.54. The number of hydrogen-bond acceptors (Lipinski definition) is 7. The van der Waals surface area contributed by atoms with Gasteiger partial charge in [-0.3, -0.25) is 29.4 Å². The monoisotopic (exact) mass is 442 g/mol. The first-order chi connectivity index (χ1) is 14.7. The van der Waals surface area contributed by atoms with Gasteiger partial charge in [-0.2, -0.15) is 0 Å². The Morgan fingerprint density at radius 1 is 1.03 bits per heavy atom. The number of carbonyl (C=O) groups excluding carboxylic acids is 4. The van der Waals surface area contributed by atoms with Gasteiger partial charge in [0.2, 0.25) is 11.8 Å². The van der Waals surface area contributed by atoms with Crippen LogP contribution in [0.4, 0.5) is 0 Å². The van der Waals surface area contributed by atoms with Crippen molar-refractivity contribution >= 4 is 33.5 Å². The van der Waals surface area contributed by atoms with Crippen molar-refractivity contribution in [2.45, 2.75) is 29.5 Å². The first-order valence-corrected chi connectivity index (χ1v) is 11.1. The molecule has 1 saturated heterocycles. The van der Waals surface area contributed by atoms with Gasteiger partial charge in [-0.05, 0) is 36.2 Å². The molecule has 0 aromatic heterocycles.